The second-order valence-electron chi connectivity index (χ2n) is 8.78. The fourth-order valence-electron chi connectivity index (χ4n) is 3.65. The summed E-state index contributed by atoms with van der Waals surface area (Å²) in [6.07, 6.45) is -6.88. The molecule has 1 aromatic heterocycles. The lowest BCUT2D eigenvalue weighted by molar-refractivity contribution is -0.143. The molecule has 0 saturated heterocycles. The number of halogens is 6. The van der Waals surface area contributed by atoms with Gasteiger partial charge in [-0.15, -0.1) is 0 Å². The number of alkyl halides is 6. The van der Waals surface area contributed by atoms with E-state index >= 15 is 0 Å². The predicted octanol–water partition coefficient (Wildman–Crippen LogP) is 8.90. The maximum atomic E-state index is 14.0. The van der Waals surface area contributed by atoms with Crippen LogP contribution in [0.15, 0.2) is 48.7 Å². The molecule has 0 N–H and O–H groups in total. The Morgan fingerprint density at radius 1 is 0.853 bits per heavy atom. The van der Waals surface area contributed by atoms with E-state index < -0.39 is 28.9 Å². The van der Waals surface area contributed by atoms with E-state index in [2.05, 4.69) is 18.8 Å². The number of aromatic nitrogens is 2. The summed E-state index contributed by atoms with van der Waals surface area (Å²) in [5.41, 5.74) is -2.70. The third-order valence-corrected chi connectivity index (χ3v) is 5.63. The Labute approximate surface area is 196 Å². The molecule has 186 valence electrons. The summed E-state index contributed by atoms with van der Waals surface area (Å²) in [5, 5.41) is 0. The van der Waals surface area contributed by atoms with Gasteiger partial charge in [0, 0.05) is 12.6 Å². The van der Waals surface area contributed by atoms with Crippen molar-refractivity contribution in [2.75, 3.05) is 0 Å². The number of hydrogen-bond acceptors (Lipinski definition) is 1. The first-order valence-electron chi connectivity index (χ1n) is 11.1. The van der Waals surface area contributed by atoms with Crippen molar-refractivity contribution in [3.05, 3.63) is 65.4 Å². The molecule has 0 amide bonds. The molecule has 0 spiro atoms. The molecule has 0 saturated carbocycles. The van der Waals surface area contributed by atoms with Crippen LogP contribution in [0.25, 0.3) is 22.6 Å². The molecule has 3 rings (SSSR count). The minimum absolute atomic E-state index is 0.0481. The van der Waals surface area contributed by atoms with Crippen LogP contribution in [-0.2, 0) is 24.8 Å². The number of rotatable bonds is 4. The first kappa shape index (κ1) is 27.5. The van der Waals surface area contributed by atoms with Crippen molar-refractivity contribution in [1.29, 1.82) is 0 Å². The van der Waals surface area contributed by atoms with E-state index in [9.17, 15) is 26.3 Å². The van der Waals surface area contributed by atoms with E-state index in [0.717, 1.165) is 11.6 Å². The smallest absolute Gasteiger partial charge is 0.327 e. The minimum atomic E-state index is -4.95. The van der Waals surface area contributed by atoms with E-state index in [0.29, 0.717) is 12.1 Å². The standard InChI is InChI=1S/C23H22F6N2.C3H8/c1-5-21(2,3)19-16(11-15(22(24,25)26)12-17(19)23(27,28)29)20-30-13-18(31(20)4)14-9-7-6-8-10-14;1-3-2/h6-13H,5H2,1-4H3;3H2,1-2H3. The molecule has 0 aliphatic carbocycles. The zero-order chi connectivity index (χ0) is 25.9. The van der Waals surface area contributed by atoms with Crippen molar-refractivity contribution in [2.24, 2.45) is 7.05 Å². The fourth-order valence-corrected chi connectivity index (χ4v) is 3.65. The highest BCUT2D eigenvalue weighted by atomic mass is 19.4. The molecule has 1 heterocycles. The van der Waals surface area contributed by atoms with Crippen LogP contribution in [0.2, 0.25) is 0 Å². The van der Waals surface area contributed by atoms with Gasteiger partial charge in [0.2, 0.25) is 0 Å². The minimum Gasteiger partial charge on any atom is -0.327 e. The molecular formula is C26H30F6N2. The van der Waals surface area contributed by atoms with Gasteiger partial charge < -0.3 is 4.57 Å². The number of benzene rings is 2. The molecule has 2 nitrogen and oxygen atoms in total. The van der Waals surface area contributed by atoms with Gasteiger partial charge in [0.1, 0.15) is 5.82 Å². The third-order valence-electron chi connectivity index (χ3n) is 5.63. The Kier molecular flexibility index (Phi) is 8.27. The van der Waals surface area contributed by atoms with Gasteiger partial charge in [-0.1, -0.05) is 71.4 Å². The Morgan fingerprint density at radius 2 is 1.41 bits per heavy atom. The van der Waals surface area contributed by atoms with Crippen molar-refractivity contribution >= 4 is 0 Å². The van der Waals surface area contributed by atoms with Crippen LogP contribution in [0.3, 0.4) is 0 Å². The average Bonchev–Trinajstić information content (AvgIpc) is 3.14. The molecule has 8 heteroatoms. The lowest BCUT2D eigenvalue weighted by atomic mass is 9.76. The second kappa shape index (κ2) is 10.2. The van der Waals surface area contributed by atoms with E-state index in [-0.39, 0.29) is 23.0 Å². The van der Waals surface area contributed by atoms with Crippen molar-refractivity contribution in [3.63, 3.8) is 0 Å². The summed E-state index contributed by atoms with van der Waals surface area (Å²) in [4.78, 5) is 4.25. The van der Waals surface area contributed by atoms with E-state index in [1.807, 2.05) is 6.07 Å². The maximum absolute atomic E-state index is 14.0. The van der Waals surface area contributed by atoms with Gasteiger partial charge in [0.15, 0.2) is 0 Å². The summed E-state index contributed by atoms with van der Waals surface area (Å²) >= 11 is 0. The average molecular weight is 485 g/mol. The molecule has 0 radical (unpaired) electrons. The summed E-state index contributed by atoms with van der Waals surface area (Å²) in [6, 6.07) is 9.97. The molecule has 0 unspecified atom stereocenters. The fraction of sp³-hybridized carbons (Fsp3) is 0.423. The van der Waals surface area contributed by atoms with E-state index in [1.165, 1.54) is 17.2 Å². The largest absolute Gasteiger partial charge is 0.416 e. The van der Waals surface area contributed by atoms with Gasteiger partial charge in [0.05, 0.1) is 23.0 Å². The highest BCUT2D eigenvalue weighted by molar-refractivity contribution is 5.71. The van der Waals surface area contributed by atoms with Crippen molar-refractivity contribution in [3.8, 4) is 22.6 Å². The van der Waals surface area contributed by atoms with Crippen LogP contribution in [0.5, 0.6) is 0 Å². The topological polar surface area (TPSA) is 17.8 Å². The Morgan fingerprint density at radius 3 is 1.88 bits per heavy atom. The molecule has 0 aliphatic rings. The highest BCUT2D eigenvalue weighted by Crippen LogP contribution is 2.47. The monoisotopic (exact) mass is 484 g/mol. The van der Waals surface area contributed by atoms with Gasteiger partial charge in [0.25, 0.3) is 0 Å². The summed E-state index contributed by atoms with van der Waals surface area (Å²) < 4.78 is 84.0. The Hall–Kier alpha value is -2.77. The van der Waals surface area contributed by atoms with Gasteiger partial charge in [-0.05, 0) is 35.1 Å². The molecule has 3 aromatic rings. The number of nitrogens with zero attached hydrogens (tertiary/aromatic N) is 2. The molecule has 34 heavy (non-hydrogen) atoms. The van der Waals surface area contributed by atoms with Gasteiger partial charge in [-0.2, -0.15) is 26.3 Å². The normalized spacial score (nSPS) is 12.4. The SMILES string of the molecule is CCC.CCC(C)(C)c1c(-c2ncc(-c3ccccc3)n2C)cc(C(F)(F)F)cc1C(F)(F)F. The maximum Gasteiger partial charge on any atom is 0.416 e. The molecule has 0 atom stereocenters. The molecular weight excluding hydrogens is 454 g/mol. The summed E-state index contributed by atoms with van der Waals surface area (Å²) in [7, 11) is 1.58. The first-order valence-corrected chi connectivity index (χ1v) is 11.1. The van der Waals surface area contributed by atoms with Crippen LogP contribution in [0.4, 0.5) is 26.3 Å². The highest BCUT2D eigenvalue weighted by Gasteiger charge is 2.43. The van der Waals surface area contributed by atoms with Crippen LogP contribution in [0, 0.1) is 0 Å². The van der Waals surface area contributed by atoms with Crippen molar-refractivity contribution < 1.29 is 26.3 Å². The van der Waals surface area contributed by atoms with Crippen LogP contribution in [0.1, 0.15) is 64.2 Å². The van der Waals surface area contributed by atoms with Gasteiger partial charge >= 0.3 is 12.4 Å². The van der Waals surface area contributed by atoms with Crippen LogP contribution < -0.4 is 0 Å². The zero-order valence-electron chi connectivity index (χ0n) is 20.2. The van der Waals surface area contributed by atoms with Crippen molar-refractivity contribution in [1.82, 2.24) is 9.55 Å². The van der Waals surface area contributed by atoms with Gasteiger partial charge in [-0.25, -0.2) is 4.98 Å². The Balaban J connectivity index is 0.00000129. The van der Waals surface area contributed by atoms with Crippen molar-refractivity contribution in [2.45, 2.75) is 65.2 Å². The summed E-state index contributed by atoms with van der Waals surface area (Å²) in [6.45, 7) is 9.14. The molecule has 0 bridgehead atoms. The Bertz CT molecular complexity index is 1090. The molecule has 0 fully saturated rings. The van der Waals surface area contributed by atoms with Gasteiger partial charge in [-0.3, -0.25) is 0 Å². The third kappa shape index (κ3) is 5.83. The predicted molar refractivity (Wildman–Crippen MR) is 123 cm³/mol. The summed E-state index contributed by atoms with van der Waals surface area (Å²) in [5.74, 6) is 0.0481. The van der Waals surface area contributed by atoms with E-state index in [4.69, 9.17) is 0 Å². The second-order valence-corrected chi connectivity index (χ2v) is 8.78. The molecule has 2 aromatic carbocycles. The quantitative estimate of drug-likeness (QED) is 0.338. The lowest BCUT2D eigenvalue weighted by Crippen LogP contribution is -2.25. The number of imidazole rings is 1. The van der Waals surface area contributed by atoms with Crippen LogP contribution >= 0.6 is 0 Å². The zero-order valence-corrected chi connectivity index (χ0v) is 20.2. The van der Waals surface area contributed by atoms with Crippen LogP contribution in [-0.4, -0.2) is 9.55 Å². The first-order chi connectivity index (χ1) is 15.7. The molecule has 0 aliphatic heterocycles. The lowest BCUT2D eigenvalue weighted by Gasteiger charge is -2.31. The number of hydrogen-bond donors (Lipinski definition) is 0. The van der Waals surface area contributed by atoms with E-state index in [1.54, 1.807) is 52.1 Å².